The van der Waals surface area contributed by atoms with Crippen molar-refractivity contribution in [3.63, 3.8) is 0 Å². The average molecular weight is 373 g/mol. The molecule has 0 aliphatic carbocycles. The number of halogens is 2. The molecular weight excluding hydrogens is 352 g/mol. The highest BCUT2D eigenvalue weighted by Gasteiger charge is 2.27. The third kappa shape index (κ3) is 4.89. The van der Waals surface area contributed by atoms with Crippen molar-refractivity contribution in [1.82, 2.24) is 15.5 Å². The number of amides is 2. The summed E-state index contributed by atoms with van der Waals surface area (Å²) < 4.78 is 26.4. The van der Waals surface area contributed by atoms with Crippen molar-refractivity contribution in [3.05, 3.63) is 71.3 Å². The van der Waals surface area contributed by atoms with Crippen LogP contribution in [0, 0.1) is 11.6 Å². The summed E-state index contributed by atoms with van der Waals surface area (Å²) in [6.45, 7) is 1.91. The summed E-state index contributed by atoms with van der Waals surface area (Å²) in [6, 6.07) is 11.2. The van der Waals surface area contributed by atoms with Crippen LogP contribution in [0.15, 0.2) is 48.5 Å². The van der Waals surface area contributed by atoms with Crippen molar-refractivity contribution in [2.75, 3.05) is 26.2 Å². The van der Waals surface area contributed by atoms with Crippen LogP contribution in [-0.2, 0) is 4.79 Å². The summed E-state index contributed by atoms with van der Waals surface area (Å²) in [5, 5.41) is 5.89. The predicted octanol–water partition coefficient (Wildman–Crippen LogP) is 2.26. The highest BCUT2D eigenvalue weighted by atomic mass is 19.1. The number of piperazine rings is 1. The Hall–Kier alpha value is -2.80. The van der Waals surface area contributed by atoms with Gasteiger partial charge in [0.15, 0.2) is 0 Å². The van der Waals surface area contributed by atoms with Crippen molar-refractivity contribution in [2.24, 2.45) is 0 Å². The van der Waals surface area contributed by atoms with Crippen LogP contribution in [0.4, 0.5) is 8.78 Å². The molecule has 1 saturated heterocycles. The summed E-state index contributed by atoms with van der Waals surface area (Å²) in [7, 11) is 0. The number of carbonyl (C=O) groups is 2. The van der Waals surface area contributed by atoms with Gasteiger partial charge in [-0.2, -0.15) is 0 Å². The first-order valence-electron chi connectivity index (χ1n) is 8.84. The molecule has 1 unspecified atom stereocenters. The Labute approximate surface area is 156 Å². The summed E-state index contributed by atoms with van der Waals surface area (Å²) in [4.78, 5) is 26.4. The lowest BCUT2D eigenvalue weighted by molar-refractivity contribution is -0.134. The van der Waals surface area contributed by atoms with Crippen molar-refractivity contribution < 1.29 is 18.4 Å². The van der Waals surface area contributed by atoms with E-state index in [9.17, 15) is 18.4 Å². The van der Waals surface area contributed by atoms with E-state index in [4.69, 9.17) is 0 Å². The molecule has 1 heterocycles. The average Bonchev–Trinajstić information content (AvgIpc) is 2.68. The van der Waals surface area contributed by atoms with E-state index in [0.29, 0.717) is 25.2 Å². The Kier molecular flexibility index (Phi) is 6.13. The minimum Gasteiger partial charge on any atom is -0.352 e. The van der Waals surface area contributed by atoms with Crippen molar-refractivity contribution in [3.8, 4) is 0 Å². The van der Waals surface area contributed by atoms with Crippen LogP contribution in [0.2, 0.25) is 0 Å². The number of nitrogens with zero attached hydrogens (tertiary/aromatic N) is 1. The van der Waals surface area contributed by atoms with Gasteiger partial charge < -0.3 is 15.5 Å². The van der Waals surface area contributed by atoms with Crippen LogP contribution >= 0.6 is 0 Å². The number of nitrogens with one attached hydrogen (secondary N) is 2. The second kappa shape index (κ2) is 8.73. The van der Waals surface area contributed by atoms with Gasteiger partial charge in [-0.1, -0.05) is 12.1 Å². The zero-order valence-electron chi connectivity index (χ0n) is 14.8. The Morgan fingerprint density at radius 2 is 1.89 bits per heavy atom. The van der Waals surface area contributed by atoms with Gasteiger partial charge in [-0.3, -0.25) is 9.59 Å². The SMILES string of the molecule is O=C(NCCC(=O)N1CCNCC1c1cccc(F)c1)c1ccc(F)cc1. The Morgan fingerprint density at radius 3 is 2.63 bits per heavy atom. The third-order valence-electron chi connectivity index (χ3n) is 4.53. The maximum Gasteiger partial charge on any atom is 0.251 e. The van der Waals surface area contributed by atoms with E-state index in [2.05, 4.69) is 10.6 Å². The standard InChI is InChI=1S/C20H21F2N3O2/c21-16-6-4-14(5-7-16)20(27)24-9-8-19(26)25-11-10-23-13-18(25)15-2-1-3-17(22)12-15/h1-7,12,18,23H,8-11,13H2,(H,24,27). The molecule has 142 valence electrons. The second-order valence-corrected chi connectivity index (χ2v) is 6.37. The van der Waals surface area contributed by atoms with Gasteiger partial charge >= 0.3 is 0 Å². The molecule has 3 rings (SSSR count). The molecule has 1 aliphatic heterocycles. The van der Waals surface area contributed by atoms with Gasteiger partial charge in [-0.05, 0) is 42.0 Å². The Morgan fingerprint density at radius 1 is 1.11 bits per heavy atom. The lowest BCUT2D eigenvalue weighted by atomic mass is 10.0. The maximum atomic E-state index is 13.5. The van der Waals surface area contributed by atoms with Crippen LogP contribution in [0.3, 0.4) is 0 Å². The fourth-order valence-corrected chi connectivity index (χ4v) is 3.14. The zero-order valence-corrected chi connectivity index (χ0v) is 14.8. The van der Waals surface area contributed by atoms with Crippen molar-refractivity contribution >= 4 is 11.8 Å². The van der Waals surface area contributed by atoms with Gasteiger partial charge in [0.25, 0.3) is 5.91 Å². The highest BCUT2D eigenvalue weighted by molar-refractivity contribution is 5.94. The molecule has 27 heavy (non-hydrogen) atoms. The second-order valence-electron chi connectivity index (χ2n) is 6.37. The lowest BCUT2D eigenvalue weighted by Crippen LogP contribution is -2.49. The molecular formula is C20H21F2N3O2. The van der Waals surface area contributed by atoms with Gasteiger partial charge in [-0.25, -0.2) is 8.78 Å². The number of hydrogen-bond acceptors (Lipinski definition) is 3. The molecule has 0 bridgehead atoms. The monoisotopic (exact) mass is 373 g/mol. The lowest BCUT2D eigenvalue weighted by Gasteiger charge is -2.36. The molecule has 0 radical (unpaired) electrons. The smallest absolute Gasteiger partial charge is 0.251 e. The van der Waals surface area contributed by atoms with Gasteiger partial charge in [0.05, 0.1) is 6.04 Å². The largest absolute Gasteiger partial charge is 0.352 e. The van der Waals surface area contributed by atoms with E-state index in [1.165, 1.54) is 36.4 Å². The fraction of sp³-hybridized carbons (Fsp3) is 0.300. The van der Waals surface area contributed by atoms with Crippen LogP contribution < -0.4 is 10.6 Å². The molecule has 1 fully saturated rings. The number of hydrogen-bond donors (Lipinski definition) is 2. The molecule has 2 aromatic rings. The van der Waals surface area contributed by atoms with E-state index in [0.717, 1.165) is 5.56 Å². The van der Waals surface area contributed by atoms with Gasteiger partial charge in [0.1, 0.15) is 11.6 Å². The number of carbonyl (C=O) groups excluding carboxylic acids is 2. The molecule has 2 amide bonds. The Bertz CT molecular complexity index is 811. The predicted molar refractivity (Wildman–Crippen MR) is 97.1 cm³/mol. The minimum atomic E-state index is -0.413. The van der Waals surface area contributed by atoms with E-state index in [-0.39, 0.29) is 36.6 Å². The molecule has 1 atom stereocenters. The molecule has 0 saturated carbocycles. The molecule has 2 aromatic carbocycles. The third-order valence-corrected chi connectivity index (χ3v) is 4.53. The molecule has 5 nitrogen and oxygen atoms in total. The number of rotatable bonds is 5. The maximum absolute atomic E-state index is 13.5. The molecule has 1 aliphatic rings. The van der Waals surface area contributed by atoms with Crippen LogP contribution in [0.1, 0.15) is 28.4 Å². The van der Waals surface area contributed by atoms with Crippen LogP contribution in [-0.4, -0.2) is 42.9 Å². The highest BCUT2D eigenvalue weighted by Crippen LogP contribution is 2.23. The molecule has 2 N–H and O–H groups in total. The topological polar surface area (TPSA) is 61.4 Å². The summed E-state index contributed by atoms with van der Waals surface area (Å²) >= 11 is 0. The quantitative estimate of drug-likeness (QED) is 0.845. The van der Waals surface area contributed by atoms with Crippen molar-refractivity contribution in [2.45, 2.75) is 12.5 Å². The van der Waals surface area contributed by atoms with Crippen LogP contribution in [0.5, 0.6) is 0 Å². The summed E-state index contributed by atoms with van der Waals surface area (Å²) in [5.74, 6) is -1.21. The zero-order chi connectivity index (χ0) is 19.2. The van der Waals surface area contributed by atoms with E-state index >= 15 is 0 Å². The first kappa shape index (κ1) is 19.0. The van der Waals surface area contributed by atoms with Gasteiger partial charge in [0, 0.05) is 38.2 Å². The summed E-state index contributed by atoms with van der Waals surface area (Å²) in [5.41, 5.74) is 1.08. The summed E-state index contributed by atoms with van der Waals surface area (Å²) in [6.07, 6.45) is 0.138. The molecule has 0 spiro atoms. The minimum absolute atomic E-state index is 0.106. The van der Waals surface area contributed by atoms with E-state index < -0.39 is 5.82 Å². The van der Waals surface area contributed by atoms with Gasteiger partial charge in [0.2, 0.25) is 5.91 Å². The Balaban J connectivity index is 1.57. The van der Waals surface area contributed by atoms with Crippen molar-refractivity contribution in [1.29, 1.82) is 0 Å². The van der Waals surface area contributed by atoms with Crippen LogP contribution in [0.25, 0.3) is 0 Å². The molecule has 0 aromatic heterocycles. The van der Waals surface area contributed by atoms with Gasteiger partial charge in [-0.15, -0.1) is 0 Å². The first-order valence-corrected chi connectivity index (χ1v) is 8.84. The fourth-order valence-electron chi connectivity index (χ4n) is 3.14. The molecule has 7 heteroatoms. The number of benzene rings is 2. The normalized spacial score (nSPS) is 16.8. The van der Waals surface area contributed by atoms with E-state index in [1.807, 2.05) is 0 Å². The first-order chi connectivity index (χ1) is 13.0. The van der Waals surface area contributed by atoms with E-state index in [1.54, 1.807) is 17.0 Å².